The summed E-state index contributed by atoms with van der Waals surface area (Å²) >= 11 is 0. The van der Waals surface area contributed by atoms with Crippen molar-refractivity contribution in [1.82, 2.24) is 0 Å². The van der Waals surface area contributed by atoms with E-state index in [1.165, 1.54) is 6.07 Å². The van der Waals surface area contributed by atoms with E-state index in [0.717, 1.165) is 0 Å². The van der Waals surface area contributed by atoms with Crippen molar-refractivity contribution < 1.29 is 18.6 Å². The maximum atomic E-state index is 13.6. The number of hydrogen-bond acceptors (Lipinski definition) is 4. The molecule has 0 bridgehead atoms. The Morgan fingerprint density at radius 2 is 1.60 bits per heavy atom. The van der Waals surface area contributed by atoms with E-state index in [4.69, 9.17) is 19.9 Å². The molecular formula is C15H16FNO3. The molecule has 2 N–H and O–H groups in total. The second-order valence-corrected chi connectivity index (χ2v) is 4.07. The van der Waals surface area contributed by atoms with Crippen LogP contribution in [0.15, 0.2) is 36.4 Å². The number of halogens is 1. The van der Waals surface area contributed by atoms with Gasteiger partial charge in [-0.15, -0.1) is 0 Å². The lowest BCUT2D eigenvalue weighted by molar-refractivity contribution is 0.386. The van der Waals surface area contributed by atoms with Gasteiger partial charge in [-0.25, -0.2) is 4.39 Å². The minimum Gasteiger partial charge on any atom is -0.496 e. The minimum atomic E-state index is -0.389. The molecule has 20 heavy (non-hydrogen) atoms. The zero-order valence-electron chi connectivity index (χ0n) is 11.4. The predicted molar refractivity (Wildman–Crippen MR) is 73.9 cm³/mol. The molecule has 4 nitrogen and oxygen atoms in total. The van der Waals surface area contributed by atoms with Crippen LogP contribution >= 0.6 is 0 Å². The van der Waals surface area contributed by atoms with Crippen molar-refractivity contribution in [2.24, 2.45) is 5.73 Å². The van der Waals surface area contributed by atoms with E-state index in [9.17, 15) is 4.39 Å². The third-order valence-electron chi connectivity index (χ3n) is 2.83. The Kier molecular flexibility index (Phi) is 4.42. The average molecular weight is 277 g/mol. The summed E-state index contributed by atoms with van der Waals surface area (Å²) in [6, 6.07) is 9.68. The molecule has 0 saturated heterocycles. The minimum absolute atomic E-state index is 0.0586. The van der Waals surface area contributed by atoms with Crippen LogP contribution in [0.5, 0.6) is 23.0 Å². The van der Waals surface area contributed by atoms with E-state index in [2.05, 4.69) is 0 Å². The van der Waals surface area contributed by atoms with Crippen molar-refractivity contribution in [1.29, 1.82) is 0 Å². The Labute approximate surface area is 116 Å². The Hall–Kier alpha value is -2.27. The van der Waals surface area contributed by atoms with Gasteiger partial charge in [-0.2, -0.15) is 0 Å². The maximum absolute atomic E-state index is 13.6. The quantitative estimate of drug-likeness (QED) is 0.912. The van der Waals surface area contributed by atoms with Crippen LogP contribution in [-0.2, 0) is 6.54 Å². The van der Waals surface area contributed by atoms with Gasteiger partial charge in [0.15, 0.2) is 0 Å². The number of rotatable bonds is 5. The lowest BCUT2D eigenvalue weighted by Gasteiger charge is -2.12. The molecule has 0 amide bonds. The van der Waals surface area contributed by atoms with Gasteiger partial charge in [-0.1, -0.05) is 6.07 Å². The predicted octanol–water partition coefficient (Wildman–Crippen LogP) is 3.09. The molecule has 0 aliphatic heterocycles. The van der Waals surface area contributed by atoms with Crippen molar-refractivity contribution in [2.75, 3.05) is 14.2 Å². The molecule has 0 spiro atoms. The molecule has 0 heterocycles. The van der Waals surface area contributed by atoms with Gasteiger partial charge in [0, 0.05) is 30.3 Å². The third kappa shape index (κ3) is 3.00. The number of hydrogen-bond donors (Lipinski definition) is 1. The zero-order chi connectivity index (χ0) is 14.5. The summed E-state index contributed by atoms with van der Waals surface area (Å²) in [5.41, 5.74) is 5.88. The van der Waals surface area contributed by atoms with Crippen molar-refractivity contribution >= 4 is 0 Å². The van der Waals surface area contributed by atoms with Gasteiger partial charge >= 0.3 is 0 Å². The summed E-state index contributed by atoms with van der Waals surface area (Å²) in [5, 5.41) is 0. The fraction of sp³-hybridized carbons (Fsp3) is 0.200. The standard InChI is InChI=1S/C15H16FNO3/c1-18-10-6-11(19-2)8-12(7-10)20-15-5-3-4-14(16)13(15)9-17/h3-8H,9,17H2,1-2H3. The summed E-state index contributed by atoms with van der Waals surface area (Å²) in [5.74, 6) is 1.65. The first-order valence-electron chi connectivity index (χ1n) is 6.06. The molecule has 0 unspecified atom stereocenters. The van der Waals surface area contributed by atoms with E-state index in [1.54, 1.807) is 44.6 Å². The van der Waals surface area contributed by atoms with E-state index in [-0.39, 0.29) is 12.4 Å². The fourth-order valence-corrected chi connectivity index (χ4v) is 1.80. The van der Waals surface area contributed by atoms with Crippen LogP contribution in [-0.4, -0.2) is 14.2 Å². The van der Waals surface area contributed by atoms with Gasteiger partial charge in [0.1, 0.15) is 28.8 Å². The molecule has 0 atom stereocenters. The van der Waals surface area contributed by atoms with Crippen LogP contribution < -0.4 is 19.9 Å². The number of ether oxygens (including phenoxy) is 3. The highest BCUT2D eigenvalue weighted by Gasteiger charge is 2.10. The van der Waals surface area contributed by atoms with E-state index >= 15 is 0 Å². The first-order chi connectivity index (χ1) is 9.67. The topological polar surface area (TPSA) is 53.7 Å². The summed E-state index contributed by atoms with van der Waals surface area (Å²) in [7, 11) is 3.10. The molecule has 0 aliphatic rings. The van der Waals surface area contributed by atoms with Crippen LogP contribution in [0.2, 0.25) is 0 Å². The molecule has 106 valence electrons. The molecule has 2 rings (SSSR count). The summed E-state index contributed by atoms with van der Waals surface area (Å²) in [4.78, 5) is 0. The van der Waals surface area contributed by atoms with E-state index in [1.807, 2.05) is 0 Å². The van der Waals surface area contributed by atoms with Crippen LogP contribution in [0.25, 0.3) is 0 Å². The van der Waals surface area contributed by atoms with Crippen LogP contribution in [0.1, 0.15) is 5.56 Å². The molecule has 0 radical (unpaired) electrons. The fourth-order valence-electron chi connectivity index (χ4n) is 1.80. The SMILES string of the molecule is COc1cc(OC)cc(Oc2cccc(F)c2CN)c1. The number of benzene rings is 2. The molecule has 0 saturated carbocycles. The van der Waals surface area contributed by atoms with Gasteiger partial charge in [0.25, 0.3) is 0 Å². The Balaban J connectivity index is 2.37. The Morgan fingerprint density at radius 1 is 1.00 bits per heavy atom. The second-order valence-electron chi connectivity index (χ2n) is 4.07. The molecule has 0 aliphatic carbocycles. The molecule has 5 heteroatoms. The highest BCUT2D eigenvalue weighted by molar-refractivity contribution is 5.45. The maximum Gasteiger partial charge on any atom is 0.134 e. The van der Waals surface area contributed by atoms with Crippen LogP contribution in [0, 0.1) is 5.82 Å². The second kappa shape index (κ2) is 6.25. The average Bonchev–Trinajstić information content (AvgIpc) is 2.47. The van der Waals surface area contributed by atoms with Gasteiger partial charge in [-0.3, -0.25) is 0 Å². The van der Waals surface area contributed by atoms with E-state index < -0.39 is 0 Å². The summed E-state index contributed by atoms with van der Waals surface area (Å²) in [6.45, 7) is 0.0586. The normalized spacial score (nSPS) is 10.2. The monoisotopic (exact) mass is 277 g/mol. The smallest absolute Gasteiger partial charge is 0.134 e. The number of methoxy groups -OCH3 is 2. The molecule has 2 aromatic rings. The first-order valence-corrected chi connectivity index (χ1v) is 6.06. The molecule has 2 aromatic carbocycles. The summed E-state index contributed by atoms with van der Waals surface area (Å²) < 4.78 is 29.6. The zero-order valence-corrected chi connectivity index (χ0v) is 11.4. The van der Waals surface area contributed by atoms with Gasteiger partial charge < -0.3 is 19.9 Å². The lowest BCUT2D eigenvalue weighted by atomic mass is 10.2. The van der Waals surface area contributed by atoms with Crippen molar-refractivity contribution in [2.45, 2.75) is 6.54 Å². The lowest BCUT2D eigenvalue weighted by Crippen LogP contribution is -2.02. The van der Waals surface area contributed by atoms with Crippen molar-refractivity contribution in [3.05, 3.63) is 47.8 Å². The van der Waals surface area contributed by atoms with Gasteiger partial charge in [0.05, 0.1) is 14.2 Å². The number of nitrogens with two attached hydrogens (primary N) is 1. The Bertz CT molecular complexity index is 579. The van der Waals surface area contributed by atoms with Crippen molar-refractivity contribution in [3.8, 4) is 23.0 Å². The first kappa shape index (κ1) is 14.1. The third-order valence-corrected chi connectivity index (χ3v) is 2.83. The van der Waals surface area contributed by atoms with Crippen LogP contribution in [0.3, 0.4) is 0 Å². The van der Waals surface area contributed by atoms with E-state index in [0.29, 0.717) is 28.6 Å². The molecular weight excluding hydrogens is 261 g/mol. The van der Waals surface area contributed by atoms with Gasteiger partial charge in [-0.05, 0) is 12.1 Å². The highest BCUT2D eigenvalue weighted by Crippen LogP contribution is 2.32. The largest absolute Gasteiger partial charge is 0.496 e. The Morgan fingerprint density at radius 3 is 2.15 bits per heavy atom. The highest BCUT2D eigenvalue weighted by atomic mass is 19.1. The van der Waals surface area contributed by atoms with Gasteiger partial charge in [0.2, 0.25) is 0 Å². The summed E-state index contributed by atoms with van der Waals surface area (Å²) in [6.07, 6.45) is 0. The van der Waals surface area contributed by atoms with Crippen LogP contribution in [0.4, 0.5) is 4.39 Å². The molecule has 0 aromatic heterocycles. The molecule has 0 fully saturated rings. The van der Waals surface area contributed by atoms with Crippen molar-refractivity contribution in [3.63, 3.8) is 0 Å².